The zero-order chi connectivity index (χ0) is 42.6. The first-order chi connectivity index (χ1) is 28.2. The van der Waals surface area contributed by atoms with Crippen LogP contribution in [0.3, 0.4) is 0 Å². The van der Waals surface area contributed by atoms with Crippen LogP contribution in [0, 0.1) is 0 Å². The number of aliphatic hydroxyl groups is 2. The number of rotatable bonds is 45. The summed E-state index contributed by atoms with van der Waals surface area (Å²) in [6.07, 6.45) is 44.3. The lowest BCUT2D eigenvalue weighted by molar-refractivity contribution is -0.161. The number of unbranched alkanes of at least 4 members (excludes halogenated alkanes) is 27. The number of esters is 2. The Balaban J connectivity index is 4.18. The van der Waals surface area contributed by atoms with Crippen molar-refractivity contribution in [3.05, 3.63) is 24.3 Å². The van der Waals surface area contributed by atoms with Gasteiger partial charge in [-0.1, -0.05) is 173 Å². The lowest BCUT2D eigenvalue weighted by Gasteiger charge is -2.20. The van der Waals surface area contributed by atoms with Crippen LogP contribution in [0.4, 0.5) is 0 Å². The summed E-state index contributed by atoms with van der Waals surface area (Å²) in [6.45, 7) is 2.38. The Morgan fingerprint density at radius 3 is 1.24 bits per heavy atom. The molecule has 3 atom stereocenters. The Labute approximate surface area is 355 Å². The van der Waals surface area contributed by atoms with Gasteiger partial charge in [0, 0.05) is 12.8 Å². The number of allylic oxidation sites excluding steroid dienone is 4. The van der Waals surface area contributed by atoms with Gasteiger partial charge >= 0.3 is 19.8 Å². The monoisotopic (exact) mass is 845 g/mol. The minimum Gasteiger partial charge on any atom is -0.462 e. The summed E-state index contributed by atoms with van der Waals surface area (Å²) in [6, 6.07) is 0. The SMILES string of the molecule is CCCCCCC/C=C/CCCCCCCC(=O)O[C@@H](COC(=O)CCCCCCCCCCCCC/C=C/CCCCCCCC)COP(=O)(O)OC[C@H](O)CO. The Kier molecular flexibility index (Phi) is 42.4. The molecule has 0 radical (unpaired) electrons. The summed E-state index contributed by atoms with van der Waals surface area (Å²) < 4.78 is 32.8. The van der Waals surface area contributed by atoms with Crippen molar-refractivity contribution in [1.82, 2.24) is 0 Å². The molecule has 0 rings (SSSR count). The van der Waals surface area contributed by atoms with Crippen LogP contribution < -0.4 is 0 Å². The molecule has 342 valence electrons. The van der Waals surface area contributed by atoms with Gasteiger partial charge < -0.3 is 24.6 Å². The molecule has 0 aromatic rings. The first kappa shape index (κ1) is 56.5. The summed E-state index contributed by atoms with van der Waals surface area (Å²) in [4.78, 5) is 35.1. The Hall–Kier alpha value is -1.55. The quantitative estimate of drug-likeness (QED) is 0.0234. The normalized spacial score (nSPS) is 13.9. The van der Waals surface area contributed by atoms with Crippen LogP contribution in [-0.2, 0) is 32.7 Å². The second kappa shape index (κ2) is 43.5. The highest BCUT2D eigenvalue weighted by Gasteiger charge is 2.27. The van der Waals surface area contributed by atoms with E-state index in [0.717, 1.165) is 57.8 Å². The zero-order valence-corrected chi connectivity index (χ0v) is 38.2. The third kappa shape index (κ3) is 42.6. The average molecular weight is 845 g/mol. The molecule has 0 aliphatic carbocycles. The number of ether oxygens (including phenoxy) is 2. The van der Waals surface area contributed by atoms with Gasteiger partial charge in [0.1, 0.15) is 12.7 Å². The summed E-state index contributed by atoms with van der Waals surface area (Å²) >= 11 is 0. The Bertz CT molecular complexity index is 1020. The molecule has 0 aliphatic rings. The highest BCUT2D eigenvalue weighted by atomic mass is 31.2. The Morgan fingerprint density at radius 2 is 0.845 bits per heavy atom. The first-order valence-corrected chi connectivity index (χ1v) is 25.3. The van der Waals surface area contributed by atoms with Crippen LogP contribution in [0.5, 0.6) is 0 Å². The molecule has 0 aromatic carbocycles. The zero-order valence-electron chi connectivity index (χ0n) is 37.3. The maximum atomic E-state index is 12.6. The van der Waals surface area contributed by atoms with E-state index < -0.39 is 51.8 Å². The standard InChI is InChI=1S/C47H89O10P/c1-3-5-7-9-11-13-15-17-19-20-21-22-23-24-25-27-28-30-32-34-36-38-46(50)54-42-45(43-56-58(52,53)55-41-44(49)40-48)57-47(51)39-37-35-33-31-29-26-18-16-14-12-10-8-6-4-2/h16-19,44-45,48-49H,3-15,20-43H2,1-2H3,(H,52,53)/b18-16+,19-17+/t44-,45+/m1/s1. The van der Waals surface area contributed by atoms with Gasteiger partial charge in [0.05, 0.1) is 19.8 Å². The van der Waals surface area contributed by atoms with Crippen molar-refractivity contribution in [3.8, 4) is 0 Å². The lowest BCUT2D eigenvalue weighted by atomic mass is 10.0. The molecule has 3 N–H and O–H groups in total. The van der Waals surface area contributed by atoms with Crippen molar-refractivity contribution in [3.63, 3.8) is 0 Å². The molecule has 0 aliphatic heterocycles. The molecule has 10 nitrogen and oxygen atoms in total. The number of phosphoric acid groups is 1. The van der Waals surface area contributed by atoms with Gasteiger partial charge in [-0.3, -0.25) is 18.6 Å². The minimum absolute atomic E-state index is 0.176. The molecule has 11 heteroatoms. The van der Waals surface area contributed by atoms with E-state index in [1.807, 2.05) is 0 Å². The number of carbonyl (C=O) groups excluding carboxylic acids is 2. The highest BCUT2D eigenvalue weighted by molar-refractivity contribution is 7.47. The van der Waals surface area contributed by atoms with Crippen LogP contribution in [0.2, 0.25) is 0 Å². The average Bonchev–Trinajstić information content (AvgIpc) is 3.21. The summed E-state index contributed by atoms with van der Waals surface area (Å²) in [5.41, 5.74) is 0. The predicted octanol–water partition coefficient (Wildman–Crippen LogP) is 13.0. The highest BCUT2D eigenvalue weighted by Crippen LogP contribution is 2.43. The lowest BCUT2D eigenvalue weighted by Crippen LogP contribution is -2.29. The van der Waals surface area contributed by atoms with Crippen molar-refractivity contribution in [2.24, 2.45) is 0 Å². The third-order valence-electron chi connectivity index (χ3n) is 10.3. The van der Waals surface area contributed by atoms with E-state index in [-0.39, 0.29) is 19.4 Å². The van der Waals surface area contributed by atoms with E-state index in [4.69, 9.17) is 23.6 Å². The number of hydrogen-bond acceptors (Lipinski definition) is 9. The molecule has 58 heavy (non-hydrogen) atoms. The predicted molar refractivity (Wildman–Crippen MR) is 238 cm³/mol. The van der Waals surface area contributed by atoms with Crippen LogP contribution in [-0.4, -0.2) is 65.7 Å². The Morgan fingerprint density at radius 1 is 0.500 bits per heavy atom. The summed E-state index contributed by atoms with van der Waals surface area (Å²) in [7, 11) is -4.62. The van der Waals surface area contributed by atoms with Crippen molar-refractivity contribution in [2.75, 3.05) is 26.4 Å². The topological polar surface area (TPSA) is 149 Å². The number of hydrogen-bond donors (Lipinski definition) is 3. The van der Waals surface area contributed by atoms with Crippen LogP contribution in [0.1, 0.15) is 226 Å². The van der Waals surface area contributed by atoms with E-state index in [1.54, 1.807) is 0 Å². The maximum absolute atomic E-state index is 12.6. The number of carbonyl (C=O) groups is 2. The number of phosphoric ester groups is 1. The van der Waals surface area contributed by atoms with Crippen LogP contribution >= 0.6 is 7.82 Å². The molecule has 0 amide bonds. The van der Waals surface area contributed by atoms with Gasteiger partial charge in [0.2, 0.25) is 0 Å². The smallest absolute Gasteiger partial charge is 0.462 e. The van der Waals surface area contributed by atoms with E-state index in [0.29, 0.717) is 12.8 Å². The van der Waals surface area contributed by atoms with Gasteiger partial charge in [-0.2, -0.15) is 0 Å². The molecule has 0 spiro atoms. The van der Waals surface area contributed by atoms with E-state index in [1.165, 1.54) is 128 Å². The van der Waals surface area contributed by atoms with Crippen molar-refractivity contribution in [1.29, 1.82) is 0 Å². The van der Waals surface area contributed by atoms with Crippen molar-refractivity contribution < 1.29 is 47.8 Å². The van der Waals surface area contributed by atoms with Crippen molar-refractivity contribution >= 4 is 19.8 Å². The fourth-order valence-electron chi connectivity index (χ4n) is 6.63. The van der Waals surface area contributed by atoms with E-state index >= 15 is 0 Å². The molecule has 0 fully saturated rings. The first-order valence-electron chi connectivity index (χ1n) is 23.8. The van der Waals surface area contributed by atoms with E-state index in [2.05, 4.69) is 38.2 Å². The van der Waals surface area contributed by atoms with Gasteiger partial charge in [-0.15, -0.1) is 0 Å². The van der Waals surface area contributed by atoms with Crippen molar-refractivity contribution in [2.45, 2.75) is 238 Å². The summed E-state index contributed by atoms with van der Waals surface area (Å²) in [5.74, 6) is -0.927. The third-order valence-corrected chi connectivity index (χ3v) is 11.3. The van der Waals surface area contributed by atoms with Crippen LogP contribution in [0.25, 0.3) is 0 Å². The molecule has 0 saturated carbocycles. The van der Waals surface area contributed by atoms with Crippen LogP contribution in [0.15, 0.2) is 24.3 Å². The molecule has 0 heterocycles. The number of aliphatic hydroxyl groups excluding tert-OH is 2. The second-order valence-electron chi connectivity index (χ2n) is 16.1. The molecule has 0 saturated heterocycles. The summed E-state index contributed by atoms with van der Waals surface area (Å²) in [5, 5.41) is 18.4. The largest absolute Gasteiger partial charge is 0.472 e. The molecule has 1 unspecified atom stereocenters. The molecular formula is C47H89O10P. The van der Waals surface area contributed by atoms with Gasteiger partial charge in [-0.05, 0) is 64.2 Å². The van der Waals surface area contributed by atoms with E-state index in [9.17, 15) is 24.2 Å². The van der Waals surface area contributed by atoms with Gasteiger partial charge in [0.15, 0.2) is 6.10 Å². The fourth-order valence-corrected chi connectivity index (χ4v) is 7.42. The molecule has 0 aromatic heterocycles. The second-order valence-corrected chi connectivity index (χ2v) is 17.6. The van der Waals surface area contributed by atoms with Gasteiger partial charge in [-0.25, -0.2) is 4.57 Å². The molecular weight excluding hydrogens is 755 g/mol. The van der Waals surface area contributed by atoms with Gasteiger partial charge in [0.25, 0.3) is 0 Å². The minimum atomic E-state index is -4.62. The fraction of sp³-hybridized carbons (Fsp3) is 0.872. The molecule has 0 bridgehead atoms. The maximum Gasteiger partial charge on any atom is 0.472 e.